The number of nitrogens with zero attached hydrogens (tertiary/aromatic N) is 2. The summed E-state index contributed by atoms with van der Waals surface area (Å²) in [6.45, 7) is 1.44. The van der Waals surface area contributed by atoms with Crippen LogP contribution in [-0.4, -0.2) is 51.3 Å². The minimum atomic E-state index is -0.163. The van der Waals surface area contributed by atoms with Crippen LogP contribution < -0.4 is 5.56 Å². The van der Waals surface area contributed by atoms with Gasteiger partial charge in [-0.15, -0.1) is 11.8 Å². The Morgan fingerprint density at radius 1 is 1.36 bits per heavy atom. The largest absolute Gasteiger partial charge is 0.396 e. The molecule has 6 nitrogen and oxygen atoms in total. The Bertz CT molecular complexity index is 776. The molecule has 1 aliphatic rings. The number of nitrogens with one attached hydrogen (secondary N) is 1. The number of aliphatic hydroxyl groups excluding tert-OH is 1. The summed E-state index contributed by atoms with van der Waals surface area (Å²) in [6, 6.07) is 9.00. The van der Waals surface area contributed by atoms with Crippen molar-refractivity contribution in [2.24, 2.45) is 0 Å². The highest BCUT2D eigenvalue weighted by Gasteiger charge is 2.26. The normalized spacial score (nSPS) is 17.5. The van der Waals surface area contributed by atoms with Crippen molar-refractivity contribution in [2.45, 2.75) is 23.7 Å². The predicted molar refractivity (Wildman–Crippen MR) is 97.0 cm³/mol. The van der Waals surface area contributed by atoms with Crippen molar-refractivity contribution in [2.75, 3.05) is 25.4 Å². The van der Waals surface area contributed by atoms with E-state index in [1.807, 2.05) is 29.2 Å². The highest BCUT2D eigenvalue weighted by Crippen LogP contribution is 2.26. The standard InChI is InChI=1S/C18H21N3O3S/c22-8-9-25-15-5-3-13(4-6-15)18(24)21-7-1-2-14(11-21)16-10-17(23)20-12-19-16/h3-6,10,12,14,22H,1-2,7-9,11H2,(H,19,20,23)/t14-/m1/s1. The average molecular weight is 359 g/mol. The lowest BCUT2D eigenvalue weighted by Crippen LogP contribution is -2.39. The molecule has 1 atom stereocenters. The van der Waals surface area contributed by atoms with Gasteiger partial charge in [-0.25, -0.2) is 4.98 Å². The SMILES string of the molecule is O=C(c1ccc(SCCO)cc1)N1CCC[C@@H](c2cc(=O)[nH]cn2)C1. The number of thioether (sulfide) groups is 1. The molecule has 0 saturated carbocycles. The van der Waals surface area contributed by atoms with E-state index in [4.69, 9.17) is 5.11 Å². The molecule has 132 valence electrons. The molecular formula is C18H21N3O3S. The first-order valence-corrected chi connectivity index (χ1v) is 9.33. The summed E-state index contributed by atoms with van der Waals surface area (Å²) in [7, 11) is 0. The molecule has 0 radical (unpaired) electrons. The van der Waals surface area contributed by atoms with Crippen molar-refractivity contribution in [1.29, 1.82) is 0 Å². The van der Waals surface area contributed by atoms with E-state index in [0.717, 1.165) is 30.0 Å². The van der Waals surface area contributed by atoms with E-state index in [0.29, 0.717) is 17.9 Å². The van der Waals surface area contributed by atoms with Gasteiger partial charge >= 0.3 is 0 Å². The second-order valence-corrected chi connectivity index (χ2v) is 7.19. The van der Waals surface area contributed by atoms with E-state index in [9.17, 15) is 9.59 Å². The molecule has 1 aromatic carbocycles. The number of benzene rings is 1. The van der Waals surface area contributed by atoms with Gasteiger partial charge in [0.05, 0.1) is 18.6 Å². The maximum atomic E-state index is 12.8. The van der Waals surface area contributed by atoms with Gasteiger partial charge in [-0.1, -0.05) is 0 Å². The summed E-state index contributed by atoms with van der Waals surface area (Å²) in [5.74, 6) is 0.747. The minimum absolute atomic E-state index is 0.00764. The molecule has 7 heteroatoms. The Labute approximate surface area is 150 Å². The highest BCUT2D eigenvalue weighted by atomic mass is 32.2. The molecule has 1 fully saturated rings. The van der Waals surface area contributed by atoms with E-state index >= 15 is 0 Å². The zero-order valence-electron chi connectivity index (χ0n) is 13.9. The van der Waals surface area contributed by atoms with Crippen LogP contribution >= 0.6 is 11.8 Å². The number of carbonyl (C=O) groups excluding carboxylic acids is 1. The van der Waals surface area contributed by atoms with Gasteiger partial charge in [0.2, 0.25) is 0 Å². The molecule has 0 aliphatic carbocycles. The third-order valence-electron chi connectivity index (χ3n) is 4.29. The lowest BCUT2D eigenvalue weighted by molar-refractivity contribution is 0.0706. The summed E-state index contributed by atoms with van der Waals surface area (Å²) >= 11 is 1.56. The number of aliphatic hydroxyl groups is 1. The Morgan fingerprint density at radius 3 is 2.88 bits per heavy atom. The summed E-state index contributed by atoms with van der Waals surface area (Å²) in [4.78, 5) is 33.9. The fourth-order valence-electron chi connectivity index (χ4n) is 3.05. The van der Waals surface area contributed by atoms with Gasteiger partial charge in [-0.2, -0.15) is 0 Å². The molecule has 2 aromatic rings. The van der Waals surface area contributed by atoms with Crippen molar-refractivity contribution < 1.29 is 9.90 Å². The first-order valence-electron chi connectivity index (χ1n) is 8.35. The molecule has 1 aliphatic heterocycles. The summed E-state index contributed by atoms with van der Waals surface area (Å²) < 4.78 is 0. The average Bonchev–Trinajstić information content (AvgIpc) is 2.66. The Morgan fingerprint density at radius 2 is 2.16 bits per heavy atom. The monoisotopic (exact) mass is 359 g/mol. The maximum absolute atomic E-state index is 12.8. The van der Waals surface area contributed by atoms with Crippen LogP contribution in [0.2, 0.25) is 0 Å². The lowest BCUT2D eigenvalue weighted by Gasteiger charge is -2.32. The van der Waals surface area contributed by atoms with Gasteiger partial charge < -0.3 is 15.0 Å². The Hall–Kier alpha value is -2.12. The molecule has 3 rings (SSSR count). The van der Waals surface area contributed by atoms with Crippen LogP contribution in [0.15, 0.2) is 46.3 Å². The first kappa shape index (κ1) is 17.7. The molecule has 25 heavy (non-hydrogen) atoms. The summed E-state index contributed by atoms with van der Waals surface area (Å²) in [5, 5.41) is 8.87. The van der Waals surface area contributed by atoms with Gasteiger partial charge in [0.15, 0.2) is 0 Å². The number of piperidine rings is 1. The fraction of sp³-hybridized carbons (Fsp3) is 0.389. The van der Waals surface area contributed by atoms with Crippen LogP contribution in [0.5, 0.6) is 0 Å². The predicted octanol–water partition coefficient (Wildman–Crippen LogP) is 1.87. The van der Waals surface area contributed by atoms with Gasteiger partial charge in [-0.3, -0.25) is 9.59 Å². The van der Waals surface area contributed by atoms with E-state index in [-0.39, 0.29) is 24.0 Å². The van der Waals surface area contributed by atoms with Gasteiger partial charge in [0.1, 0.15) is 0 Å². The number of aromatic amines is 1. The Kier molecular flexibility index (Phi) is 5.88. The van der Waals surface area contributed by atoms with Crippen LogP contribution in [0, 0.1) is 0 Å². The van der Waals surface area contributed by atoms with E-state index in [1.54, 1.807) is 11.8 Å². The molecule has 1 saturated heterocycles. The van der Waals surface area contributed by atoms with Crippen LogP contribution in [0.4, 0.5) is 0 Å². The number of carbonyl (C=O) groups is 1. The number of H-pyrrole nitrogens is 1. The number of likely N-dealkylation sites (tertiary alicyclic amines) is 1. The van der Waals surface area contributed by atoms with E-state index < -0.39 is 0 Å². The van der Waals surface area contributed by atoms with Crippen LogP contribution in [0.3, 0.4) is 0 Å². The smallest absolute Gasteiger partial charge is 0.253 e. The third kappa shape index (κ3) is 4.49. The molecule has 0 spiro atoms. The fourth-order valence-corrected chi connectivity index (χ4v) is 3.71. The first-order chi connectivity index (χ1) is 12.2. The number of hydrogen-bond acceptors (Lipinski definition) is 5. The van der Waals surface area contributed by atoms with Crippen LogP contribution in [0.1, 0.15) is 34.8 Å². The number of amides is 1. The molecule has 2 heterocycles. The van der Waals surface area contributed by atoms with Gasteiger partial charge in [-0.05, 0) is 37.1 Å². The number of rotatable bonds is 5. The summed E-state index contributed by atoms with van der Waals surface area (Å²) in [6.07, 6.45) is 3.24. The number of aromatic nitrogens is 2. The topological polar surface area (TPSA) is 86.3 Å². The minimum Gasteiger partial charge on any atom is -0.396 e. The van der Waals surface area contributed by atoms with Crippen molar-refractivity contribution in [3.63, 3.8) is 0 Å². The second kappa shape index (κ2) is 8.31. The molecule has 0 unspecified atom stereocenters. The molecule has 2 N–H and O–H groups in total. The van der Waals surface area contributed by atoms with Crippen molar-refractivity contribution in [3.8, 4) is 0 Å². The highest BCUT2D eigenvalue weighted by molar-refractivity contribution is 7.99. The van der Waals surface area contributed by atoms with Crippen LogP contribution in [0.25, 0.3) is 0 Å². The molecule has 0 bridgehead atoms. The Balaban J connectivity index is 1.68. The quantitative estimate of drug-likeness (QED) is 0.796. The lowest BCUT2D eigenvalue weighted by atomic mass is 9.94. The zero-order valence-corrected chi connectivity index (χ0v) is 14.7. The van der Waals surface area contributed by atoms with Crippen LogP contribution in [-0.2, 0) is 0 Å². The molecular weight excluding hydrogens is 338 g/mol. The third-order valence-corrected chi connectivity index (χ3v) is 5.28. The maximum Gasteiger partial charge on any atom is 0.253 e. The summed E-state index contributed by atoms with van der Waals surface area (Å²) in [5.41, 5.74) is 1.24. The number of hydrogen-bond donors (Lipinski definition) is 2. The van der Waals surface area contributed by atoms with Gasteiger partial charge in [0.25, 0.3) is 11.5 Å². The molecule has 1 amide bonds. The molecule has 1 aromatic heterocycles. The van der Waals surface area contributed by atoms with Crippen molar-refractivity contribution in [3.05, 3.63) is 58.3 Å². The second-order valence-electron chi connectivity index (χ2n) is 6.02. The van der Waals surface area contributed by atoms with Crippen molar-refractivity contribution >= 4 is 17.7 Å². The van der Waals surface area contributed by atoms with E-state index in [1.165, 1.54) is 12.4 Å². The van der Waals surface area contributed by atoms with Gasteiger partial charge in [0, 0.05) is 41.3 Å². The van der Waals surface area contributed by atoms with Crippen molar-refractivity contribution in [1.82, 2.24) is 14.9 Å². The van der Waals surface area contributed by atoms with E-state index in [2.05, 4.69) is 9.97 Å². The zero-order chi connectivity index (χ0) is 17.6.